The first-order chi connectivity index (χ1) is 14.1. The van der Waals surface area contributed by atoms with Gasteiger partial charge in [-0.3, -0.25) is 4.79 Å². The molecule has 5 nitrogen and oxygen atoms in total. The number of aliphatic hydroxyl groups excluding tert-OH is 1. The van der Waals surface area contributed by atoms with E-state index in [1.165, 1.54) is 18.2 Å². The molecule has 0 spiro atoms. The van der Waals surface area contributed by atoms with E-state index in [0.29, 0.717) is 18.0 Å². The summed E-state index contributed by atoms with van der Waals surface area (Å²) in [4.78, 5) is 15.0. The van der Waals surface area contributed by atoms with Gasteiger partial charge < -0.3 is 20.5 Å². The van der Waals surface area contributed by atoms with Crippen LogP contribution in [0.3, 0.4) is 0 Å². The molecule has 2 aromatic rings. The molecule has 29 heavy (non-hydrogen) atoms. The summed E-state index contributed by atoms with van der Waals surface area (Å²) < 4.78 is 20.4. The molecular formula is C23H27FN2O3. The molecule has 1 unspecified atom stereocenters. The summed E-state index contributed by atoms with van der Waals surface area (Å²) in [6.45, 7) is 0.734. The normalized spacial score (nSPS) is 23.3. The third kappa shape index (κ3) is 4.14. The maximum absolute atomic E-state index is 14.5. The molecule has 6 heteroatoms. The van der Waals surface area contributed by atoms with Gasteiger partial charge >= 0.3 is 0 Å². The van der Waals surface area contributed by atoms with E-state index in [2.05, 4.69) is 0 Å². The van der Waals surface area contributed by atoms with Gasteiger partial charge in [-0.15, -0.1) is 0 Å². The largest absolute Gasteiger partial charge is 0.457 e. The number of fused-ring (bicyclic) bond motifs is 2. The van der Waals surface area contributed by atoms with Crippen LogP contribution in [-0.4, -0.2) is 41.1 Å². The fourth-order valence-electron chi connectivity index (χ4n) is 4.67. The van der Waals surface area contributed by atoms with Crippen molar-refractivity contribution in [3.05, 3.63) is 59.4 Å². The highest BCUT2D eigenvalue weighted by Gasteiger charge is 2.43. The van der Waals surface area contributed by atoms with Crippen molar-refractivity contribution in [1.82, 2.24) is 4.90 Å². The van der Waals surface area contributed by atoms with Gasteiger partial charge in [-0.2, -0.15) is 0 Å². The number of hydrogen-bond acceptors (Lipinski definition) is 4. The topological polar surface area (TPSA) is 75.8 Å². The third-order valence-corrected chi connectivity index (χ3v) is 6.08. The Hall–Kier alpha value is -2.44. The van der Waals surface area contributed by atoms with Crippen LogP contribution in [0.5, 0.6) is 11.5 Å². The first-order valence-corrected chi connectivity index (χ1v) is 10.3. The van der Waals surface area contributed by atoms with Gasteiger partial charge in [0.1, 0.15) is 17.3 Å². The van der Waals surface area contributed by atoms with Gasteiger partial charge in [0.2, 0.25) is 0 Å². The van der Waals surface area contributed by atoms with Crippen molar-refractivity contribution in [2.75, 3.05) is 13.2 Å². The average molecular weight is 398 g/mol. The van der Waals surface area contributed by atoms with Crippen LogP contribution in [0.4, 0.5) is 4.39 Å². The zero-order valence-corrected chi connectivity index (χ0v) is 16.4. The van der Waals surface area contributed by atoms with Gasteiger partial charge in [-0.05, 0) is 80.5 Å². The Bertz CT molecular complexity index is 857. The summed E-state index contributed by atoms with van der Waals surface area (Å²) in [5.41, 5.74) is 6.73. The average Bonchev–Trinajstić information content (AvgIpc) is 3.00. The monoisotopic (exact) mass is 398 g/mol. The van der Waals surface area contributed by atoms with Crippen LogP contribution in [0.1, 0.15) is 41.6 Å². The highest BCUT2D eigenvalue weighted by atomic mass is 19.1. The standard InChI is InChI=1S/C23H27FN2O3/c24-22-8-7-20(29-19-5-1-15(2-6-19)9-10-25)13-21(22)23(28)26-17-3-4-18(26)12-16(11-17)14-27/h1-2,5-8,13,16-18,27H,3-4,9-12,14,25H2/t16?,17-,18+. The minimum Gasteiger partial charge on any atom is -0.457 e. The van der Waals surface area contributed by atoms with E-state index >= 15 is 0 Å². The summed E-state index contributed by atoms with van der Waals surface area (Å²) >= 11 is 0. The molecule has 1 amide bonds. The van der Waals surface area contributed by atoms with Crippen molar-refractivity contribution < 1.29 is 19.0 Å². The second kappa shape index (κ2) is 8.51. The number of ether oxygens (including phenoxy) is 1. The van der Waals surface area contributed by atoms with Gasteiger partial charge in [0.05, 0.1) is 5.56 Å². The van der Waals surface area contributed by atoms with Crippen LogP contribution in [0.25, 0.3) is 0 Å². The lowest BCUT2D eigenvalue weighted by atomic mass is 9.91. The SMILES string of the molecule is NCCc1ccc(Oc2ccc(F)c(C(=O)N3[C@@H]4CC[C@H]3CC(CO)C4)c2)cc1. The summed E-state index contributed by atoms with van der Waals surface area (Å²) in [5.74, 6) is 0.469. The predicted molar refractivity (Wildman–Crippen MR) is 108 cm³/mol. The van der Waals surface area contributed by atoms with Crippen molar-refractivity contribution in [3.63, 3.8) is 0 Å². The molecule has 0 aliphatic carbocycles. The first-order valence-electron chi connectivity index (χ1n) is 10.3. The minimum atomic E-state index is -0.538. The zero-order chi connectivity index (χ0) is 20.4. The van der Waals surface area contributed by atoms with E-state index in [-0.39, 0.29) is 36.1 Å². The van der Waals surface area contributed by atoms with E-state index in [0.717, 1.165) is 37.7 Å². The summed E-state index contributed by atoms with van der Waals surface area (Å²) in [6.07, 6.45) is 4.20. The van der Waals surface area contributed by atoms with Crippen LogP contribution in [-0.2, 0) is 6.42 Å². The molecule has 2 aromatic carbocycles. The number of hydrogen-bond donors (Lipinski definition) is 2. The quantitative estimate of drug-likeness (QED) is 0.781. The molecule has 3 N–H and O–H groups in total. The van der Waals surface area contributed by atoms with Crippen LogP contribution in [0, 0.1) is 11.7 Å². The molecule has 2 bridgehead atoms. The van der Waals surface area contributed by atoms with E-state index in [9.17, 15) is 14.3 Å². The fraction of sp³-hybridized carbons (Fsp3) is 0.435. The minimum absolute atomic E-state index is 0.0431. The summed E-state index contributed by atoms with van der Waals surface area (Å²) in [7, 11) is 0. The van der Waals surface area contributed by atoms with Crippen molar-refractivity contribution in [3.8, 4) is 11.5 Å². The van der Waals surface area contributed by atoms with Crippen molar-refractivity contribution in [2.24, 2.45) is 11.7 Å². The summed E-state index contributed by atoms with van der Waals surface area (Å²) in [5, 5.41) is 9.48. The molecule has 154 valence electrons. The number of piperidine rings is 1. The molecule has 2 heterocycles. The van der Waals surface area contributed by atoms with Crippen molar-refractivity contribution in [2.45, 2.75) is 44.2 Å². The molecule has 0 saturated carbocycles. The lowest BCUT2D eigenvalue weighted by molar-refractivity contribution is 0.0448. The van der Waals surface area contributed by atoms with E-state index in [4.69, 9.17) is 10.5 Å². The number of rotatable bonds is 6. The van der Waals surface area contributed by atoms with Crippen LogP contribution in [0.15, 0.2) is 42.5 Å². The number of halogens is 1. The molecule has 2 saturated heterocycles. The molecule has 2 fully saturated rings. The van der Waals surface area contributed by atoms with Gasteiger partial charge in [0.25, 0.3) is 5.91 Å². The molecular weight excluding hydrogens is 371 g/mol. The van der Waals surface area contributed by atoms with E-state index < -0.39 is 5.82 Å². The highest BCUT2D eigenvalue weighted by Crippen LogP contribution is 2.40. The Morgan fingerprint density at radius 1 is 1.10 bits per heavy atom. The maximum atomic E-state index is 14.5. The van der Waals surface area contributed by atoms with Crippen LogP contribution < -0.4 is 10.5 Å². The Morgan fingerprint density at radius 3 is 2.38 bits per heavy atom. The first kappa shape index (κ1) is 19.9. The maximum Gasteiger partial charge on any atom is 0.257 e. The van der Waals surface area contributed by atoms with E-state index in [1.54, 1.807) is 0 Å². The third-order valence-electron chi connectivity index (χ3n) is 6.08. The molecule has 2 aliphatic heterocycles. The number of nitrogens with zero attached hydrogens (tertiary/aromatic N) is 1. The molecule has 0 radical (unpaired) electrons. The van der Waals surface area contributed by atoms with Gasteiger partial charge in [-0.25, -0.2) is 4.39 Å². The number of carbonyl (C=O) groups excluding carboxylic acids is 1. The number of carbonyl (C=O) groups is 1. The fourth-order valence-corrected chi connectivity index (χ4v) is 4.67. The molecule has 0 aromatic heterocycles. The number of aliphatic hydroxyl groups is 1. The second-order valence-electron chi connectivity index (χ2n) is 8.04. The van der Waals surface area contributed by atoms with Gasteiger partial charge in [0.15, 0.2) is 0 Å². The highest BCUT2D eigenvalue weighted by molar-refractivity contribution is 5.95. The summed E-state index contributed by atoms with van der Waals surface area (Å²) in [6, 6.07) is 12.0. The number of nitrogens with two attached hydrogens (primary N) is 1. The van der Waals surface area contributed by atoms with Gasteiger partial charge in [0, 0.05) is 18.7 Å². The smallest absolute Gasteiger partial charge is 0.257 e. The van der Waals surface area contributed by atoms with Crippen molar-refractivity contribution in [1.29, 1.82) is 0 Å². The Kier molecular flexibility index (Phi) is 5.83. The van der Waals surface area contributed by atoms with Crippen LogP contribution in [0.2, 0.25) is 0 Å². The Labute approximate surface area is 170 Å². The second-order valence-corrected chi connectivity index (χ2v) is 8.04. The van der Waals surface area contributed by atoms with Crippen LogP contribution >= 0.6 is 0 Å². The zero-order valence-electron chi connectivity index (χ0n) is 16.4. The predicted octanol–water partition coefficient (Wildman–Crippen LogP) is 3.49. The number of benzene rings is 2. The Morgan fingerprint density at radius 2 is 1.76 bits per heavy atom. The van der Waals surface area contributed by atoms with Gasteiger partial charge in [-0.1, -0.05) is 12.1 Å². The Balaban J connectivity index is 1.52. The molecule has 2 aliphatic rings. The molecule has 4 rings (SSSR count). The van der Waals surface area contributed by atoms with E-state index in [1.807, 2.05) is 29.2 Å². The number of amides is 1. The molecule has 3 atom stereocenters. The lowest BCUT2D eigenvalue weighted by Crippen LogP contribution is -2.47. The lowest BCUT2D eigenvalue weighted by Gasteiger charge is -2.38. The van der Waals surface area contributed by atoms with Crippen molar-refractivity contribution >= 4 is 5.91 Å².